The highest BCUT2D eigenvalue weighted by atomic mass is 32.1. The molecule has 0 aliphatic heterocycles. The van der Waals surface area contributed by atoms with Crippen LogP contribution in [0.4, 0.5) is 5.69 Å². The predicted molar refractivity (Wildman–Crippen MR) is 118 cm³/mol. The van der Waals surface area contributed by atoms with Crippen LogP contribution in [0.3, 0.4) is 0 Å². The molecule has 2 heterocycles. The zero-order valence-corrected chi connectivity index (χ0v) is 17.9. The van der Waals surface area contributed by atoms with E-state index in [1.807, 2.05) is 6.92 Å². The van der Waals surface area contributed by atoms with E-state index < -0.39 is 0 Å². The Bertz CT molecular complexity index is 1200. The number of thiophene rings is 1. The van der Waals surface area contributed by atoms with Crippen molar-refractivity contribution in [3.05, 3.63) is 56.4 Å². The summed E-state index contributed by atoms with van der Waals surface area (Å²) in [6.07, 6.45) is 5.89. The summed E-state index contributed by atoms with van der Waals surface area (Å²) in [5.41, 5.74) is 3.02. The molecule has 1 aromatic carbocycles. The molecule has 3 aromatic rings. The van der Waals surface area contributed by atoms with E-state index in [-0.39, 0.29) is 30.3 Å². The van der Waals surface area contributed by atoms with E-state index in [2.05, 4.69) is 15.6 Å². The van der Waals surface area contributed by atoms with E-state index in [4.69, 9.17) is 0 Å². The zero-order valence-electron chi connectivity index (χ0n) is 17.1. The SMILES string of the molecule is CNC(=O)c1ccc(C)c(NC(=O)CCn2cnc3sc4c(c3c2=O)CCCC4)c1. The summed E-state index contributed by atoms with van der Waals surface area (Å²) < 4.78 is 1.53. The molecule has 2 aromatic heterocycles. The van der Waals surface area contributed by atoms with Crippen LogP contribution in [-0.2, 0) is 24.2 Å². The minimum Gasteiger partial charge on any atom is -0.355 e. The average Bonchev–Trinajstić information content (AvgIpc) is 3.13. The van der Waals surface area contributed by atoms with Crippen molar-refractivity contribution in [2.24, 2.45) is 0 Å². The summed E-state index contributed by atoms with van der Waals surface area (Å²) in [6.45, 7) is 2.12. The van der Waals surface area contributed by atoms with Gasteiger partial charge in [-0.05, 0) is 55.9 Å². The number of hydrogen-bond acceptors (Lipinski definition) is 5. The number of nitrogens with one attached hydrogen (secondary N) is 2. The van der Waals surface area contributed by atoms with Crippen molar-refractivity contribution in [2.45, 2.75) is 45.6 Å². The summed E-state index contributed by atoms with van der Waals surface area (Å²) in [6, 6.07) is 5.16. The molecule has 7 nitrogen and oxygen atoms in total. The molecule has 4 rings (SSSR count). The molecule has 2 N–H and O–H groups in total. The molecule has 0 fully saturated rings. The van der Waals surface area contributed by atoms with Crippen molar-refractivity contribution in [2.75, 3.05) is 12.4 Å². The fourth-order valence-electron chi connectivity index (χ4n) is 3.82. The van der Waals surface area contributed by atoms with Crippen molar-refractivity contribution in [1.29, 1.82) is 0 Å². The Balaban J connectivity index is 1.49. The van der Waals surface area contributed by atoms with Gasteiger partial charge < -0.3 is 10.6 Å². The molecule has 0 spiro atoms. The molecule has 1 aliphatic carbocycles. The first-order valence-corrected chi connectivity index (χ1v) is 10.9. The number of hydrogen-bond donors (Lipinski definition) is 2. The number of amides is 2. The molecular formula is C22H24N4O3S. The molecule has 0 radical (unpaired) electrons. The third-order valence-corrected chi connectivity index (χ3v) is 6.72. The summed E-state index contributed by atoms with van der Waals surface area (Å²) in [5.74, 6) is -0.429. The maximum atomic E-state index is 13.0. The van der Waals surface area contributed by atoms with Gasteiger partial charge in [0.2, 0.25) is 5.91 Å². The first kappa shape index (κ1) is 20.3. The van der Waals surface area contributed by atoms with E-state index in [1.165, 1.54) is 15.8 Å². The molecule has 156 valence electrons. The number of rotatable bonds is 5. The molecule has 2 amide bonds. The van der Waals surface area contributed by atoms with E-state index in [0.29, 0.717) is 11.3 Å². The number of carbonyl (C=O) groups is 2. The number of benzene rings is 1. The number of fused-ring (bicyclic) bond motifs is 3. The number of carbonyl (C=O) groups excluding carboxylic acids is 2. The van der Waals surface area contributed by atoms with Crippen LogP contribution in [0.25, 0.3) is 10.2 Å². The second kappa shape index (κ2) is 8.39. The van der Waals surface area contributed by atoms with Gasteiger partial charge in [0.05, 0.1) is 11.7 Å². The smallest absolute Gasteiger partial charge is 0.262 e. The van der Waals surface area contributed by atoms with Gasteiger partial charge in [0.25, 0.3) is 11.5 Å². The van der Waals surface area contributed by atoms with Gasteiger partial charge in [0.15, 0.2) is 0 Å². The molecule has 30 heavy (non-hydrogen) atoms. The summed E-state index contributed by atoms with van der Waals surface area (Å²) in [5, 5.41) is 6.15. The lowest BCUT2D eigenvalue weighted by atomic mass is 9.97. The van der Waals surface area contributed by atoms with Gasteiger partial charge in [0, 0.05) is 36.1 Å². The second-order valence-corrected chi connectivity index (χ2v) is 8.62. The number of aromatic nitrogens is 2. The molecular weight excluding hydrogens is 400 g/mol. The molecule has 1 aliphatic rings. The minimum absolute atomic E-state index is 0.0648. The quantitative estimate of drug-likeness (QED) is 0.658. The first-order chi connectivity index (χ1) is 14.5. The van der Waals surface area contributed by atoms with Crippen LogP contribution < -0.4 is 16.2 Å². The third kappa shape index (κ3) is 3.87. The molecule has 0 unspecified atom stereocenters. The van der Waals surface area contributed by atoms with Crippen molar-refractivity contribution < 1.29 is 9.59 Å². The van der Waals surface area contributed by atoms with E-state index >= 15 is 0 Å². The Labute approximate surface area is 178 Å². The van der Waals surface area contributed by atoms with E-state index in [9.17, 15) is 14.4 Å². The molecule has 0 saturated heterocycles. The van der Waals surface area contributed by atoms with Crippen LogP contribution in [-0.4, -0.2) is 28.4 Å². The van der Waals surface area contributed by atoms with Gasteiger partial charge in [-0.3, -0.25) is 19.0 Å². The van der Waals surface area contributed by atoms with Crippen molar-refractivity contribution >= 4 is 39.1 Å². The predicted octanol–water partition coefficient (Wildman–Crippen LogP) is 3.03. The molecule has 0 saturated carbocycles. The van der Waals surface area contributed by atoms with Gasteiger partial charge in [-0.1, -0.05) is 6.07 Å². The van der Waals surface area contributed by atoms with Gasteiger partial charge in [-0.25, -0.2) is 4.98 Å². The largest absolute Gasteiger partial charge is 0.355 e. The number of anilines is 1. The fraction of sp³-hybridized carbons (Fsp3) is 0.364. The molecule has 8 heteroatoms. The number of aryl methyl sites for hydroxylation is 4. The van der Waals surface area contributed by atoms with Crippen molar-refractivity contribution in [1.82, 2.24) is 14.9 Å². The second-order valence-electron chi connectivity index (χ2n) is 7.54. The Morgan fingerprint density at radius 1 is 1.23 bits per heavy atom. The van der Waals surface area contributed by atoms with Crippen LogP contribution in [0.1, 0.15) is 45.6 Å². The Morgan fingerprint density at radius 2 is 2.03 bits per heavy atom. The van der Waals surface area contributed by atoms with E-state index in [0.717, 1.165) is 47.0 Å². The fourth-order valence-corrected chi connectivity index (χ4v) is 5.04. The Morgan fingerprint density at radius 3 is 2.83 bits per heavy atom. The maximum Gasteiger partial charge on any atom is 0.262 e. The normalized spacial score (nSPS) is 13.1. The van der Waals surface area contributed by atoms with Crippen LogP contribution >= 0.6 is 11.3 Å². The standard InChI is InChI=1S/C22H24N4O3S/c1-13-7-8-14(20(28)23-2)11-16(13)25-18(27)9-10-26-12-24-21-19(22(26)29)15-5-3-4-6-17(15)30-21/h7-8,11-12H,3-6,9-10H2,1-2H3,(H,23,28)(H,25,27). The average molecular weight is 425 g/mol. The molecule has 0 bridgehead atoms. The maximum absolute atomic E-state index is 13.0. The highest BCUT2D eigenvalue weighted by Gasteiger charge is 2.20. The Hall–Kier alpha value is -3.00. The van der Waals surface area contributed by atoms with Crippen molar-refractivity contribution in [3.63, 3.8) is 0 Å². The van der Waals surface area contributed by atoms with Crippen LogP contribution in [0.15, 0.2) is 29.3 Å². The van der Waals surface area contributed by atoms with Crippen LogP contribution in [0.5, 0.6) is 0 Å². The van der Waals surface area contributed by atoms with Gasteiger partial charge in [-0.2, -0.15) is 0 Å². The van der Waals surface area contributed by atoms with Crippen LogP contribution in [0.2, 0.25) is 0 Å². The van der Waals surface area contributed by atoms with Crippen molar-refractivity contribution in [3.8, 4) is 0 Å². The van der Waals surface area contributed by atoms with E-state index in [1.54, 1.807) is 36.6 Å². The van der Waals surface area contributed by atoms with Crippen LogP contribution in [0, 0.1) is 6.92 Å². The first-order valence-electron chi connectivity index (χ1n) is 10.1. The summed E-state index contributed by atoms with van der Waals surface area (Å²) in [4.78, 5) is 43.9. The lowest BCUT2D eigenvalue weighted by molar-refractivity contribution is -0.116. The monoisotopic (exact) mass is 424 g/mol. The minimum atomic E-state index is -0.216. The highest BCUT2D eigenvalue weighted by Crippen LogP contribution is 2.33. The summed E-state index contributed by atoms with van der Waals surface area (Å²) >= 11 is 1.62. The molecule has 0 atom stereocenters. The topological polar surface area (TPSA) is 93.1 Å². The highest BCUT2D eigenvalue weighted by molar-refractivity contribution is 7.18. The number of nitrogens with zero attached hydrogens (tertiary/aromatic N) is 2. The lowest BCUT2D eigenvalue weighted by Crippen LogP contribution is -2.24. The Kier molecular flexibility index (Phi) is 5.67. The summed E-state index contributed by atoms with van der Waals surface area (Å²) in [7, 11) is 1.56. The third-order valence-electron chi connectivity index (χ3n) is 5.52. The van der Waals surface area contributed by atoms with Gasteiger partial charge in [-0.15, -0.1) is 11.3 Å². The lowest BCUT2D eigenvalue weighted by Gasteiger charge is -2.12. The van der Waals surface area contributed by atoms with Gasteiger partial charge in [0.1, 0.15) is 4.83 Å². The zero-order chi connectivity index (χ0) is 21.3. The van der Waals surface area contributed by atoms with Gasteiger partial charge >= 0.3 is 0 Å².